The van der Waals surface area contributed by atoms with Gasteiger partial charge in [-0.1, -0.05) is 70.0 Å². The largest absolute Gasteiger partial charge is 0.0921 e. The number of aryl methyl sites for hydroxylation is 1. The molecule has 1 aromatic carbocycles. The fraction of sp³-hybridized carbons (Fsp3) is 0.538. The van der Waals surface area contributed by atoms with Gasteiger partial charge in [0, 0.05) is 16.1 Å². The summed E-state index contributed by atoms with van der Waals surface area (Å²) in [6.45, 7) is 6.70. The molecule has 0 fully saturated rings. The Morgan fingerprint density at radius 3 is 2.27 bits per heavy atom. The molecular formula is C13H18Br2. The van der Waals surface area contributed by atoms with Gasteiger partial charge in [-0.15, -0.1) is 0 Å². The average molecular weight is 334 g/mol. The number of halogens is 2. The van der Waals surface area contributed by atoms with Gasteiger partial charge in [0.25, 0.3) is 0 Å². The summed E-state index contributed by atoms with van der Waals surface area (Å²) in [6.07, 6.45) is 0. The maximum atomic E-state index is 3.81. The molecule has 0 aliphatic rings. The van der Waals surface area contributed by atoms with E-state index in [4.69, 9.17) is 0 Å². The maximum Gasteiger partial charge on any atom is 0.0245 e. The van der Waals surface area contributed by atoms with Gasteiger partial charge in [0.1, 0.15) is 0 Å². The zero-order valence-electron chi connectivity index (χ0n) is 9.50. The van der Waals surface area contributed by atoms with E-state index in [1.54, 1.807) is 0 Å². The molecule has 15 heavy (non-hydrogen) atoms. The van der Waals surface area contributed by atoms with Crippen LogP contribution in [0, 0.1) is 12.8 Å². The van der Waals surface area contributed by atoms with Crippen molar-refractivity contribution in [1.29, 1.82) is 0 Å². The van der Waals surface area contributed by atoms with E-state index in [1.807, 2.05) is 0 Å². The van der Waals surface area contributed by atoms with Crippen LogP contribution in [0.2, 0.25) is 0 Å². The highest BCUT2D eigenvalue weighted by Gasteiger charge is 2.23. The number of hydrogen-bond acceptors (Lipinski definition) is 0. The van der Waals surface area contributed by atoms with Gasteiger partial charge in [-0.3, -0.25) is 0 Å². The molecule has 0 bridgehead atoms. The monoisotopic (exact) mass is 332 g/mol. The van der Waals surface area contributed by atoms with Gasteiger partial charge in [0.2, 0.25) is 0 Å². The lowest BCUT2D eigenvalue weighted by molar-refractivity contribution is 0.555. The quantitative estimate of drug-likeness (QED) is 0.688. The van der Waals surface area contributed by atoms with Crippen LogP contribution >= 0.6 is 31.9 Å². The van der Waals surface area contributed by atoms with Crippen molar-refractivity contribution in [1.82, 2.24) is 0 Å². The summed E-state index contributed by atoms with van der Waals surface area (Å²) in [5.41, 5.74) is 2.83. The molecule has 0 radical (unpaired) electrons. The van der Waals surface area contributed by atoms with Crippen LogP contribution in [-0.4, -0.2) is 10.2 Å². The first-order valence-corrected chi connectivity index (χ1v) is 7.37. The highest BCUT2D eigenvalue weighted by Crippen LogP contribution is 2.33. The van der Waals surface area contributed by atoms with Crippen LogP contribution in [0.1, 0.15) is 30.9 Å². The third-order valence-corrected chi connectivity index (χ3v) is 5.17. The van der Waals surface area contributed by atoms with Gasteiger partial charge in [0.15, 0.2) is 0 Å². The maximum absolute atomic E-state index is 3.81. The molecule has 2 unspecified atom stereocenters. The summed E-state index contributed by atoms with van der Waals surface area (Å²) in [6, 6.07) is 8.64. The predicted molar refractivity (Wildman–Crippen MR) is 75.3 cm³/mol. The average Bonchev–Trinajstić information content (AvgIpc) is 2.21. The second-order valence-electron chi connectivity index (χ2n) is 4.31. The molecule has 0 spiro atoms. The van der Waals surface area contributed by atoms with Crippen molar-refractivity contribution < 1.29 is 0 Å². The van der Waals surface area contributed by atoms with Crippen LogP contribution in [0.3, 0.4) is 0 Å². The minimum atomic E-state index is 0.526. The first-order chi connectivity index (χ1) is 7.07. The fourth-order valence-corrected chi connectivity index (χ4v) is 3.53. The van der Waals surface area contributed by atoms with Crippen LogP contribution in [0.5, 0.6) is 0 Å². The van der Waals surface area contributed by atoms with Crippen molar-refractivity contribution in [3.63, 3.8) is 0 Å². The summed E-state index contributed by atoms with van der Waals surface area (Å²) in [7, 11) is 0. The lowest BCUT2D eigenvalue weighted by Crippen LogP contribution is -2.20. The van der Waals surface area contributed by atoms with Crippen molar-refractivity contribution in [3.8, 4) is 0 Å². The molecule has 0 aliphatic carbocycles. The Bertz CT molecular complexity index is 307. The Morgan fingerprint density at radius 1 is 1.20 bits per heavy atom. The van der Waals surface area contributed by atoms with Gasteiger partial charge in [-0.2, -0.15) is 0 Å². The Balaban J connectivity index is 2.97. The molecule has 1 aromatic rings. The first kappa shape index (κ1) is 13.2. The van der Waals surface area contributed by atoms with Crippen LogP contribution in [0.25, 0.3) is 0 Å². The Labute approximate surface area is 110 Å². The van der Waals surface area contributed by atoms with Crippen LogP contribution in [0.15, 0.2) is 24.3 Å². The topological polar surface area (TPSA) is 0 Å². The van der Waals surface area contributed by atoms with E-state index in [0.29, 0.717) is 16.7 Å². The van der Waals surface area contributed by atoms with Crippen molar-refractivity contribution in [2.45, 2.75) is 31.5 Å². The van der Waals surface area contributed by atoms with Gasteiger partial charge < -0.3 is 0 Å². The van der Waals surface area contributed by atoms with E-state index >= 15 is 0 Å². The van der Waals surface area contributed by atoms with E-state index in [9.17, 15) is 0 Å². The number of hydrogen-bond donors (Lipinski definition) is 0. The molecule has 0 N–H and O–H groups in total. The van der Waals surface area contributed by atoms with Crippen LogP contribution < -0.4 is 0 Å². The van der Waals surface area contributed by atoms with Crippen molar-refractivity contribution in [2.24, 2.45) is 5.92 Å². The zero-order chi connectivity index (χ0) is 11.4. The molecule has 0 saturated carbocycles. The summed E-state index contributed by atoms with van der Waals surface area (Å²) >= 11 is 7.44. The molecule has 0 aromatic heterocycles. The molecule has 2 heteroatoms. The van der Waals surface area contributed by atoms with Crippen molar-refractivity contribution >= 4 is 31.9 Å². The first-order valence-electron chi connectivity index (χ1n) is 5.33. The number of alkyl halides is 2. The van der Waals surface area contributed by atoms with Crippen molar-refractivity contribution in [2.75, 3.05) is 5.33 Å². The van der Waals surface area contributed by atoms with E-state index in [-0.39, 0.29) is 0 Å². The number of benzene rings is 1. The molecule has 1 rings (SSSR count). The SMILES string of the molecule is Cc1ccccc1C(CBr)C(Br)C(C)C. The zero-order valence-corrected chi connectivity index (χ0v) is 12.7. The highest BCUT2D eigenvalue weighted by molar-refractivity contribution is 9.10. The summed E-state index contributed by atoms with van der Waals surface area (Å²) in [4.78, 5) is 0.526. The van der Waals surface area contributed by atoms with Gasteiger partial charge in [-0.25, -0.2) is 0 Å². The second-order valence-corrected chi connectivity index (χ2v) is 6.01. The Morgan fingerprint density at radius 2 is 1.80 bits per heavy atom. The fourth-order valence-electron chi connectivity index (χ4n) is 1.81. The lowest BCUT2D eigenvalue weighted by Gasteiger charge is -2.25. The lowest BCUT2D eigenvalue weighted by atomic mass is 9.89. The van der Waals surface area contributed by atoms with Crippen molar-refractivity contribution in [3.05, 3.63) is 35.4 Å². The van der Waals surface area contributed by atoms with E-state index in [0.717, 1.165) is 5.33 Å². The van der Waals surface area contributed by atoms with E-state index < -0.39 is 0 Å². The minimum absolute atomic E-state index is 0.526. The van der Waals surface area contributed by atoms with E-state index in [1.165, 1.54) is 11.1 Å². The third-order valence-electron chi connectivity index (χ3n) is 2.78. The molecule has 0 heterocycles. The standard InChI is InChI=1S/C13H18Br2/c1-9(2)13(15)12(8-14)11-7-5-4-6-10(11)3/h4-7,9,12-13H,8H2,1-3H3. The summed E-state index contributed by atoms with van der Waals surface area (Å²) in [5, 5.41) is 1.01. The molecule has 0 amide bonds. The minimum Gasteiger partial charge on any atom is -0.0921 e. The summed E-state index contributed by atoms with van der Waals surface area (Å²) < 4.78 is 0. The molecule has 84 valence electrons. The normalized spacial score (nSPS) is 15.3. The number of rotatable bonds is 4. The smallest absolute Gasteiger partial charge is 0.0245 e. The Hall–Kier alpha value is 0.180. The summed E-state index contributed by atoms with van der Waals surface area (Å²) in [5.74, 6) is 1.19. The third kappa shape index (κ3) is 3.32. The van der Waals surface area contributed by atoms with E-state index in [2.05, 4.69) is 76.9 Å². The molecule has 0 nitrogen and oxygen atoms in total. The predicted octanol–water partition coefficient (Wildman–Crippen LogP) is 4.89. The molecular weight excluding hydrogens is 316 g/mol. The molecule has 0 aliphatic heterocycles. The Kier molecular flexibility index (Phi) is 5.34. The van der Waals surface area contributed by atoms with Crippen LogP contribution in [-0.2, 0) is 0 Å². The van der Waals surface area contributed by atoms with Gasteiger partial charge in [-0.05, 0) is 24.0 Å². The highest BCUT2D eigenvalue weighted by atomic mass is 79.9. The van der Waals surface area contributed by atoms with Gasteiger partial charge >= 0.3 is 0 Å². The molecule has 0 saturated heterocycles. The van der Waals surface area contributed by atoms with Gasteiger partial charge in [0.05, 0.1) is 0 Å². The van der Waals surface area contributed by atoms with Crippen LogP contribution in [0.4, 0.5) is 0 Å². The molecule has 2 atom stereocenters. The second kappa shape index (κ2) is 6.05.